The molecule has 2 heterocycles. The van der Waals surface area contributed by atoms with E-state index in [1.54, 1.807) is 0 Å². The van der Waals surface area contributed by atoms with Crippen molar-refractivity contribution in [1.29, 1.82) is 0 Å². The number of rotatable bonds is 10. The van der Waals surface area contributed by atoms with Gasteiger partial charge in [-0.05, 0) is 0 Å². The highest BCUT2D eigenvalue weighted by molar-refractivity contribution is 6.31. The number of aromatic nitrogens is 2. The van der Waals surface area contributed by atoms with E-state index in [0.29, 0.717) is 0 Å². The maximum Gasteiger partial charge on any atom is 0.303 e. The second-order valence-electron chi connectivity index (χ2n) is 7.62. The molecule has 2 N–H and O–H groups in total. The number of H-pyrrole nitrogens is 1. The number of halogens is 1. The van der Waals surface area contributed by atoms with Gasteiger partial charge in [-0.15, -0.1) is 11.6 Å². The highest BCUT2D eigenvalue weighted by atomic mass is 35.5. The van der Waals surface area contributed by atoms with Gasteiger partial charge in [0.25, 0.3) is 11.6 Å². The predicted molar refractivity (Wildman–Crippen MR) is 122 cm³/mol. The molecular weight excluding hydrogens is 522 g/mol. The molecule has 0 spiro atoms. The zero-order valence-electron chi connectivity index (χ0n) is 20.5. The minimum atomic E-state index is -1.51. The number of esters is 4. The summed E-state index contributed by atoms with van der Waals surface area (Å²) in [6.07, 6.45) is -7.13. The largest absolute Gasteiger partial charge is 0.468 e. The Kier molecular flexibility index (Phi) is 10.4. The van der Waals surface area contributed by atoms with Gasteiger partial charge in [-0.1, -0.05) is 0 Å². The molecule has 204 valence electrons. The van der Waals surface area contributed by atoms with Crippen molar-refractivity contribution in [3.8, 4) is 6.01 Å². The van der Waals surface area contributed by atoms with E-state index >= 15 is 0 Å². The molecule has 1 fully saturated rings. The monoisotopic (exact) mass is 547 g/mol. The van der Waals surface area contributed by atoms with Crippen molar-refractivity contribution in [2.75, 3.05) is 24.9 Å². The predicted octanol–water partition coefficient (Wildman–Crippen LogP) is -0.305. The van der Waals surface area contributed by atoms with E-state index in [0.717, 1.165) is 27.7 Å². The Bertz CT molecular complexity index is 1110. The molecule has 1 aromatic rings. The lowest BCUT2D eigenvalue weighted by atomic mass is 9.97. The van der Waals surface area contributed by atoms with Crippen LogP contribution < -0.4 is 15.6 Å². The smallest absolute Gasteiger partial charge is 0.303 e. The first-order valence-electron chi connectivity index (χ1n) is 10.7. The molecule has 1 saturated heterocycles. The van der Waals surface area contributed by atoms with Gasteiger partial charge in [-0.3, -0.25) is 33.8 Å². The molecular formula is C21H26ClN3O12. The summed E-state index contributed by atoms with van der Waals surface area (Å²) in [6.45, 7) is 3.85. The summed E-state index contributed by atoms with van der Waals surface area (Å²) in [5, 5.41) is 2.67. The summed E-state index contributed by atoms with van der Waals surface area (Å²) in [5.41, 5.74) is -1.39. The molecule has 0 radical (unpaired) electrons. The van der Waals surface area contributed by atoms with Gasteiger partial charge in [0.2, 0.25) is 0 Å². The quantitative estimate of drug-likeness (QED) is 0.167. The Morgan fingerprint density at radius 1 is 0.946 bits per heavy atom. The summed E-state index contributed by atoms with van der Waals surface area (Å²) in [4.78, 5) is 78.4. The molecule has 16 heteroatoms. The molecule has 2 rings (SSSR count). The maximum absolute atomic E-state index is 12.5. The Hall–Kier alpha value is -3.72. The molecule has 0 saturated carbocycles. The van der Waals surface area contributed by atoms with Crippen LogP contribution in [0.5, 0.6) is 6.01 Å². The van der Waals surface area contributed by atoms with E-state index < -0.39 is 83.9 Å². The molecule has 0 amide bonds. The van der Waals surface area contributed by atoms with Crippen molar-refractivity contribution in [2.45, 2.75) is 58.3 Å². The number of ketones is 1. The molecule has 0 aromatic carbocycles. The summed E-state index contributed by atoms with van der Waals surface area (Å²) in [6, 6.07) is -0.288. The summed E-state index contributed by atoms with van der Waals surface area (Å²) < 4.78 is 31.8. The van der Waals surface area contributed by atoms with Gasteiger partial charge in [0.05, 0.1) is 13.0 Å². The van der Waals surface area contributed by atoms with Crippen molar-refractivity contribution >= 4 is 47.1 Å². The van der Waals surface area contributed by atoms with Crippen LogP contribution in [-0.4, -0.2) is 89.9 Å². The fourth-order valence-corrected chi connectivity index (χ4v) is 3.59. The van der Waals surface area contributed by atoms with Crippen LogP contribution in [0.25, 0.3) is 0 Å². The zero-order valence-corrected chi connectivity index (χ0v) is 21.3. The number of anilines is 1. The number of nitrogens with zero attached hydrogens (tertiary/aromatic N) is 1. The zero-order chi connectivity index (χ0) is 27.9. The summed E-state index contributed by atoms with van der Waals surface area (Å²) in [5.74, 6) is -4.94. The summed E-state index contributed by atoms with van der Waals surface area (Å²) >= 11 is 5.64. The van der Waals surface area contributed by atoms with Gasteiger partial charge < -0.3 is 33.7 Å². The number of carbonyl (C=O) groups is 5. The van der Waals surface area contributed by atoms with Crippen molar-refractivity contribution in [1.82, 2.24) is 9.97 Å². The van der Waals surface area contributed by atoms with E-state index in [1.807, 2.05) is 0 Å². The first kappa shape index (κ1) is 29.5. The van der Waals surface area contributed by atoms with Gasteiger partial charge in [0.15, 0.2) is 30.3 Å². The number of hydrogen-bond acceptors (Lipinski definition) is 14. The lowest BCUT2D eigenvalue weighted by Gasteiger charge is -2.44. The topological polar surface area (TPSA) is 199 Å². The standard InChI is InChI=1S/C21H26ClN3O12/c1-8(26)33-7-13-15(34-9(2)27)16(35-10(3)28)17(36-11(4)29)20(37-13)23-18-14(12(30)6-22)19(31)25-21(24-18)32-5/h13,15-17,20H,6-7H2,1-5H3,(H2,23,24,25,31)/t13-,15-,16+,17+,20-/m1/s1. The van der Waals surface area contributed by atoms with E-state index in [1.165, 1.54) is 7.11 Å². The van der Waals surface area contributed by atoms with Gasteiger partial charge in [-0.2, -0.15) is 4.98 Å². The van der Waals surface area contributed by atoms with Gasteiger partial charge >= 0.3 is 23.9 Å². The van der Waals surface area contributed by atoms with Crippen LogP contribution in [0.4, 0.5) is 5.82 Å². The van der Waals surface area contributed by atoms with E-state index in [2.05, 4.69) is 15.3 Å². The SMILES string of the molecule is COc1nc(N[C@@H]2O[C@H](COC(C)=O)[C@@H](OC(C)=O)[C@H](OC(C)=O)[C@@H]2OC(C)=O)c(C(=O)CCl)c(=O)[nH]1. The highest BCUT2D eigenvalue weighted by Crippen LogP contribution is 2.30. The fraction of sp³-hybridized carbons (Fsp3) is 0.571. The number of alkyl halides is 1. The number of ether oxygens (including phenoxy) is 6. The van der Waals surface area contributed by atoms with Crippen molar-refractivity contribution in [3.63, 3.8) is 0 Å². The minimum Gasteiger partial charge on any atom is -0.468 e. The second kappa shape index (κ2) is 13.0. The van der Waals surface area contributed by atoms with Gasteiger partial charge in [-0.25, -0.2) is 0 Å². The highest BCUT2D eigenvalue weighted by Gasteiger charge is 2.52. The molecule has 37 heavy (non-hydrogen) atoms. The van der Waals surface area contributed by atoms with Gasteiger partial charge in [0.1, 0.15) is 24.1 Å². The molecule has 1 aliphatic rings. The maximum atomic E-state index is 12.5. The third-order valence-electron chi connectivity index (χ3n) is 4.76. The molecule has 0 aliphatic carbocycles. The normalized spacial score (nSPS) is 22.8. The van der Waals surface area contributed by atoms with Crippen LogP contribution >= 0.6 is 11.6 Å². The van der Waals surface area contributed by atoms with Crippen LogP contribution in [0, 0.1) is 0 Å². The van der Waals surface area contributed by atoms with Crippen LogP contribution in [0.1, 0.15) is 38.1 Å². The first-order valence-corrected chi connectivity index (χ1v) is 11.3. The number of nitrogens with one attached hydrogen (secondary N) is 2. The van der Waals surface area contributed by atoms with Crippen LogP contribution in [0.3, 0.4) is 0 Å². The fourth-order valence-electron chi connectivity index (χ4n) is 3.46. The lowest BCUT2D eigenvalue weighted by molar-refractivity contribution is -0.247. The van der Waals surface area contributed by atoms with Crippen molar-refractivity contribution in [3.05, 3.63) is 15.9 Å². The number of carbonyl (C=O) groups excluding carboxylic acids is 5. The number of methoxy groups -OCH3 is 1. The van der Waals surface area contributed by atoms with Crippen LogP contribution in [0.15, 0.2) is 4.79 Å². The number of Topliss-reactive ketones (excluding diaryl/α,β-unsaturated/α-hetero) is 1. The Balaban J connectivity index is 2.64. The lowest BCUT2D eigenvalue weighted by Crippen LogP contribution is -2.64. The van der Waals surface area contributed by atoms with Crippen LogP contribution in [0.2, 0.25) is 0 Å². The Labute approximate surface area is 215 Å². The summed E-state index contributed by atoms with van der Waals surface area (Å²) in [7, 11) is 1.21. The third kappa shape index (κ3) is 7.88. The van der Waals surface area contributed by atoms with E-state index in [-0.39, 0.29) is 11.8 Å². The average molecular weight is 548 g/mol. The van der Waals surface area contributed by atoms with Crippen LogP contribution in [-0.2, 0) is 42.9 Å². The van der Waals surface area contributed by atoms with E-state index in [4.69, 9.17) is 40.0 Å². The van der Waals surface area contributed by atoms with Crippen molar-refractivity contribution < 1.29 is 52.4 Å². The molecule has 15 nitrogen and oxygen atoms in total. The average Bonchev–Trinajstić information content (AvgIpc) is 2.80. The minimum absolute atomic E-state index is 0.288. The molecule has 1 aliphatic heterocycles. The molecule has 1 aromatic heterocycles. The molecule has 0 unspecified atom stereocenters. The van der Waals surface area contributed by atoms with Gasteiger partial charge in [0, 0.05) is 27.7 Å². The molecule has 0 bridgehead atoms. The van der Waals surface area contributed by atoms with E-state index in [9.17, 15) is 28.8 Å². The second-order valence-corrected chi connectivity index (χ2v) is 7.89. The third-order valence-corrected chi connectivity index (χ3v) is 5.00. The number of hydrogen-bond donors (Lipinski definition) is 2. The number of aromatic amines is 1. The Morgan fingerprint density at radius 2 is 1.51 bits per heavy atom. The molecule has 5 atom stereocenters. The van der Waals surface area contributed by atoms with Crippen molar-refractivity contribution in [2.24, 2.45) is 0 Å². The Morgan fingerprint density at radius 3 is 2.03 bits per heavy atom. The first-order chi connectivity index (χ1) is 17.4.